The van der Waals surface area contributed by atoms with Crippen LogP contribution in [-0.4, -0.2) is 30.5 Å². The second-order valence-corrected chi connectivity index (χ2v) is 9.92. The van der Waals surface area contributed by atoms with E-state index in [9.17, 15) is 22.3 Å². The molecule has 0 aliphatic rings. The van der Waals surface area contributed by atoms with E-state index in [1.54, 1.807) is 32.3 Å². The van der Waals surface area contributed by atoms with Crippen molar-refractivity contribution in [3.63, 3.8) is 0 Å². The van der Waals surface area contributed by atoms with E-state index in [1.807, 2.05) is 0 Å². The van der Waals surface area contributed by atoms with E-state index in [1.165, 1.54) is 6.20 Å². The third kappa shape index (κ3) is 4.85. The summed E-state index contributed by atoms with van der Waals surface area (Å²) in [5.74, 6) is -1.45. The van der Waals surface area contributed by atoms with Crippen molar-refractivity contribution in [3.8, 4) is 11.1 Å². The Labute approximate surface area is 209 Å². The summed E-state index contributed by atoms with van der Waals surface area (Å²) in [6, 6.07) is 6.01. The molecule has 13 heteroatoms. The van der Waals surface area contributed by atoms with E-state index in [-0.39, 0.29) is 15.7 Å². The van der Waals surface area contributed by atoms with Crippen LogP contribution in [0.2, 0.25) is 10.2 Å². The summed E-state index contributed by atoms with van der Waals surface area (Å²) < 4.78 is 58.6. The minimum absolute atomic E-state index is 0.0306. The van der Waals surface area contributed by atoms with Crippen molar-refractivity contribution in [2.75, 3.05) is 17.1 Å². The van der Waals surface area contributed by atoms with Gasteiger partial charge in [0.15, 0.2) is 11.1 Å². The highest BCUT2D eigenvalue weighted by Gasteiger charge is 2.28. The van der Waals surface area contributed by atoms with Crippen LogP contribution in [0.25, 0.3) is 22.0 Å². The molecule has 3 N–H and O–H groups in total. The van der Waals surface area contributed by atoms with Crippen LogP contribution in [0.4, 0.5) is 20.3 Å². The Morgan fingerprint density at radius 2 is 1.83 bits per heavy atom. The molecule has 0 atom stereocenters. The molecule has 35 heavy (non-hydrogen) atoms. The fourth-order valence-corrected chi connectivity index (χ4v) is 5.40. The number of sulfonamides is 1. The molecular formula is C22H18Cl2F2N5O3S+. The lowest BCUT2D eigenvalue weighted by Gasteiger charge is -2.14. The Hall–Kier alpha value is -3.12. The van der Waals surface area contributed by atoms with E-state index >= 15 is 0 Å². The molecule has 3 aromatic heterocycles. The smallest absolute Gasteiger partial charge is 0.297 e. The number of halogens is 4. The van der Waals surface area contributed by atoms with Crippen LogP contribution in [-0.2, 0) is 16.8 Å². The van der Waals surface area contributed by atoms with Crippen molar-refractivity contribution in [2.24, 2.45) is 0 Å². The van der Waals surface area contributed by atoms with E-state index in [0.29, 0.717) is 34.0 Å². The van der Waals surface area contributed by atoms with Crippen molar-refractivity contribution in [3.05, 3.63) is 70.2 Å². The van der Waals surface area contributed by atoms with Gasteiger partial charge >= 0.3 is 0 Å². The fourth-order valence-electron chi connectivity index (χ4n) is 3.47. The first kappa shape index (κ1) is 25.0. The maximum Gasteiger partial charge on any atom is 0.297 e. The van der Waals surface area contributed by atoms with Gasteiger partial charge in [-0.2, -0.15) is 4.57 Å². The number of rotatable bonds is 6. The summed E-state index contributed by atoms with van der Waals surface area (Å²) in [6.07, 6.45) is 2.78. The maximum atomic E-state index is 14.8. The summed E-state index contributed by atoms with van der Waals surface area (Å²) in [5.41, 5.74) is 0.787. The minimum Gasteiger partial charge on any atom is -0.373 e. The number of nitrogens with zero attached hydrogens (tertiary/aromatic N) is 3. The molecule has 4 aromatic rings. The lowest BCUT2D eigenvalue weighted by atomic mass is 10.0. The van der Waals surface area contributed by atoms with E-state index in [4.69, 9.17) is 23.2 Å². The zero-order valence-electron chi connectivity index (χ0n) is 18.3. The number of hydrogen-bond donors (Lipinski definition) is 3. The Morgan fingerprint density at radius 1 is 1.09 bits per heavy atom. The summed E-state index contributed by atoms with van der Waals surface area (Å²) in [6.45, 7) is 1.01. The Kier molecular flexibility index (Phi) is 6.78. The third-order valence-electron chi connectivity index (χ3n) is 5.18. The zero-order chi connectivity index (χ0) is 25.5. The first-order chi connectivity index (χ1) is 16.5. The predicted molar refractivity (Wildman–Crippen MR) is 129 cm³/mol. The molecule has 0 spiro atoms. The van der Waals surface area contributed by atoms with Crippen LogP contribution in [0.15, 0.2) is 47.6 Å². The number of pyridine rings is 3. The third-order valence-corrected chi connectivity index (χ3v) is 7.30. The molecule has 4 rings (SSSR count). The molecule has 0 saturated carbocycles. The quantitative estimate of drug-likeness (QED) is 0.249. The Bertz CT molecular complexity index is 1590. The predicted octanol–water partition coefficient (Wildman–Crippen LogP) is 4.27. The van der Waals surface area contributed by atoms with Gasteiger partial charge in [0.05, 0.1) is 11.2 Å². The highest BCUT2D eigenvalue weighted by atomic mass is 35.5. The molecule has 0 unspecified atom stereocenters. The number of aliphatic hydroxyl groups is 1. The fraction of sp³-hybridized carbons (Fsp3) is 0.136. The van der Waals surface area contributed by atoms with Gasteiger partial charge in [-0.1, -0.05) is 11.6 Å². The van der Waals surface area contributed by atoms with Gasteiger partial charge in [0.25, 0.3) is 21.9 Å². The molecule has 0 aliphatic carbocycles. The van der Waals surface area contributed by atoms with Crippen LogP contribution in [0.5, 0.6) is 0 Å². The molecule has 0 fully saturated rings. The van der Waals surface area contributed by atoms with Gasteiger partial charge in [0.2, 0.25) is 0 Å². The number of hydrogen-bond acceptors (Lipinski definition) is 6. The van der Waals surface area contributed by atoms with Gasteiger partial charge in [0.1, 0.15) is 22.5 Å². The number of aliphatic hydroxyl groups excluding tert-OH is 1. The topological polar surface area (TPSA) is 108 Å². The van der Waals surface area contributed by atoms with Crippen LogP contribution < -0.4 is 14.6 Å². The minimum atomic E-state index is -4.48. The summed E-state index contributed by atoms with van der Waals surface area (Å²) in [4.78, 5) is 8.20. The Morgan fingerprint density at radius 3 is 2.51 bits per heavy atom. The van der Waals surface area contributed by atoms with E-state index in [2.05, 4.69) is 20.0 Å². The lowest BCUT2D eigenvalue weighted by Crippen LogP contribution is -2.36. The van der Waals surface area contributed by atoms with E-state index < -0.39 is 39.0 Å². The highest BCUT2D eigenvalue weighted by Crippen LogP contribution is 2.33. The van der Waals surface area contributed by atoms with Crippen LogP contribution in [0, 0.1) is 18.6 Å². The number of anilines is 2. The number of aryl methyl sites for hydroxylation is 1. The van der Waals surface area contributed by atoms with Gasteiger partial charge < -0.3 is 10.4 Å². The molecular weight excluding hydrogens is 523 g/mol. The second kappa shape index (κ2) is 9.50. The average molecular weight is 541 g/mol. The largest absolute Gasteiger partial charge is 0.373 e. The lowest BCUT2D eigenvalue weighted by molar-refractivity contribution is -0.729. The molecule has 8 nitrogen and oxygen atoms in total. The van der Waals surface area contributed by atoms with E-state index in [0.717, 1.165) is 16.7 Å². The number of nitrogens with one attached hydrogen (secondary N) is 2. The number of fused-ring (bicyclic) bond motifs is 1. The normalized spacial score (nSPS) is 11.6. The summed E-state index contributed by atoms with van der Waals surface area (Å²) >= 11 is 12.0. The molecule has 3 heterocycles. The van der Waals surface area contributed by atoms with Crippen molar-refractivity contribution in [2.45, 2.75) is 18.6 Å². The standard InChI is InChI=1S/C22H18Cl2F2N5O3S/c1-11-14(3-12-8-28-21(27-2)7-18(12)29-11)15-5-19(17(26)6-16(15)25)30-35(33,34)20-4-13(23)9-31(10-32)22(20)24/h3-9,30,32H,10H2,1-2H3,(H,27,28)/q+1. The van der Waals surface area contributed by atoms with Crippen LogP contribution in [0.1, 0.15) is 5.69 Å². The maximum absolute atomic E-state index is 14.8. The molecule has 1 aromatic carbocycles. The van der Waals surface area contributed by atoms with Gasteiger partial charge in [-0.05, 0) is 36.7 Å². The molecule has 182 valence electrons. The first-order valence-electron chi connectivity index (χ1n) is 10.0. The van der Waals surface area contributed by atoms with Crippen LogP contribution >= 0.6 is 23.2 Å². The molecule has 0 bridgehead atoms. The van der Waals surface area contributed by atoms with Gasteiger partial charge in [-0.3, -0.25) is 9.71 Å². The molecule has 0 radical (unpaired) electrons. The summed E-state index contributed by atoms with van der Waals surface area (Å²) in [5, 5.41) is 12.5. The van der Waals surface area contributed by atoms with Gasteiger partial charge in [-0.25, -0.2) is 22.2 Å². The molecule has 0 amide bonds. The number of benzene rings is 1. The summed E-state index contributed by atoms with van der Waals surface area (Å²) in [7, 11) is -2.77. The average Bonchev–Trinajstić information content (AvgIpc) is 2.81. The zero-order valence-corrected chi connectivity index (χ0v) is 20.6. The van der Waals surface area contributed by atoms with Crippen LogP contribution in [0.3, 0.4) is 0 Å². The van der Waals surface area contributed by atoms with Crippen molar-refractivity contribution in [1.29, 1.82) is 0 Å². The molecule has 0 aliphatic heterocycles. The highest BCUT2D eigenvalue weighted by molar-refractivity contribution is 7.92. The number of aromatic nitrogens is 3. The van der Waals surface area contributed by atoms with Crippen molar-refractivity contribution in [1.82, 2.24) is 9.97 Å². The van der Waals surface area contributed by atoms with Gasteiger partial charge in [0, 0.05) is 47.6 Å². The first-order valence-corrected chi connectivity index (χ1v) is 12.2. The monoisotopic (exact) mass is 540 g/mol. The second-order valence-electron chi connectivity index (χ2n) is 7.48. The van der Waals surface area contributed by atoms with Crippen molar-refractivity contribution < 1.29 is 26.9 Å². The molecule has 0 saturated heterocycles. The Balaban J connectivity index is 1.81. The van der Waals surface area contributed by atoms with Gasteiger partial charge in [-0.15, -0.1) is 0 Å². The SMILES string of the molecule is CNc1cc2nc(C)c(-c3cc(NS(=O)(=O)c4cc(Cl)c[n+](CO)c4Cl)c(F)cc3F)cc2cn1. The van der Waals surface area contributed by atoms with Crippen molar-refractivity contribution >= 4 is 55.6 Å².